The van der Waals surface area contributed by atoms with E-state index >= 15 is 0 Å². The second-order valence-corrected chi connectivity index (χ2v) is 7.90. The van der Waals surface area contributed by atoms with Crippen molar-refractivity contribution in [2.45, 2.75) is 64.2 Å². The van der Waals surface area contributed by atoms with Crippen LogP contribution in [0.5, 0.6) is 0 Å². The molecule has 1 fully saturated rings. The average molecular weight is 358 g/mol. The fourth-order valence-electron chi connectivity index (χ4n) is 4.10. The molecular formula is C26H31N. The normalized spacial score (nSPS) is 19.9. The molecule has 2 aromatic carbocycles. The van der Waals surface area contributed by atoms with Gasteiger partial charge in [0.15, 0.2) is 0 Å². The van der Waals surface area contributed by atoms with Gasteiger partial charge in [-0.3, -0.25) is 0 Å². The van der Waals surface area contributed by atoms with Crippen LogP contribution in [0.3, 0.4) is 0 Å². The van der Waals surface area contributed by atoms with Crippen LogP contribution in [0.25, 0.3) is 6.08 Å². The highest BCUT2D eigenvalue weighted by molar-refractivity contribution is 5.50. The molecule has 1 saturated carbocycles. The number of nitriles is 1. The molecule has 0 atom stereocenters. The van der Waals surface area contributed by atoms with Crippen molar-refractivity contribution in [2.75, 3.05) is 0 Å². The lowest BCUT2D eigenvalue weighted by molar-refractivity contribution is 0.377. The second kappa shape index (κ2) is 10.1. The Morgan fingerprint density at radius 2 is 1.63 bits per heavy atom. The fraction of sp³-hybridized carbons (Fsp3) is 0.423. The highest BCUT2D eigenvalue weighted by atomic mass is 14.3. The van der Waals surface area contributed by atoms with E-state index in [1.165, 1.54) is 68.1 Å². The molecule has 0 amide bonds. The molecule has 1 aliphatic rings. The zero-order valence-electron chi connectivity index (χ0n) is 16.5. The van der Waals surface area contributed by atoms with Gasteiger partial charge >= 0.3 is 0 Å². The molecule has 0 bridgehead atoms. The maximum absolute atomic E-state index is 8.93. The molecule has 1 heteroatoms. The molecule has 27 heavy (non-hydrogen) atoms. The summed E-state index contributed by atoms with van der Waals surface area (Å²) in [6.07, 6.45) is 14.9. The Kier molecular flexibility index (Phi) is 7.28. The van der Waals surface area contributed by atoms with Gasteiger partial charge in [0, 0.05) is 0 Å². The van der Waals surface area contributed by atoms with E-state index < -0.39 is 0 Å². The van der Waals surface area contributed by atoms with Crippen LogP contribution in [-0.2, 0) is 6.42 Å². The molecule has 0 aliphatic heterocycles. The number of rotatable bonds is 7. The summed E-state index contributed by atoms with van der Waals surface area (Å²) in [5.74, 6) is 1.36. The van der Waals surface area contributed by atoms with Crippen molar-refractivity contribution >= 4 is 6.08 Å². The Balaban J connectivity index is 1.47. The number of nitrogens with zero attached hydrogens (tertiary/aromatic N) is 1. The first-order valence-electron chi connectivity index (χ1n) is 10.6. The third kappa shape index (κ3) is 5.83. The van der Waals surface area contributed by atoms with E-state index in [0.717, 1.165) is 5.56 Å². The maximum atomic E-state index is 8.93. The van der Waals surface area contributed by atoms with Gasteiger partial charge in [0.05, 0.1) is 11.6 Å². The minimum absolute atomic E-state index is 0.657. The molecule has 0 aromatic heterocycles. The monoisotopic (exact) mass is 357 g/mol. The fourth-order valence-corrected chi connectivity index (χ4v) is 4.10. The lowest BCUT2D eigenvalue weighted by atomic mass is 9.78. The molecule has 0 spiro atoms. The van der Waals surface area contributed by atoms with Gasteiger partial charge in [0.1, 0.15) is 0 Å². The third-order valence-electron chi connectivity index (χ3n) is 5.89. The van der Waals surface area contributed by atoms with Crippen molar-refractivity contribution in [2.24, 2.45) is 5.92 Å². The molecule has 140 valence electrons. The van der Waals surface area contributed by atoms with Gasteiger partial charge in [-0.25, -0.2) is 0 Å². The summed E-state index contributed by atoms with van der Waals surface area (Å²) in [6, 6.07) is 19.5. The molecule has 2 aromatic rings. The Morgan fingerprint density at radius 3 is 2.26 bits per heavy atom. The molecule has 0 unspecified atom stereocenters. The van der Waals surface area contributed by atoms with Crippen LogP contribution in [-0.4, -0.2) is 0 Å². The molecule has 0 N–H and O–H groups in total. The molecule has 0 heterocycles. The van der Waals surface area contributed by atoms with E-state index in [-0.39, 0.29) is 0 Å². The van der Waals surface area contributed by atoms with E-state index in [0.29, 0.717) is 11.8 Å². The zero-order chi connectivity index (χ0) is 18.9. The van der Waals surface area contributed by atoms with Gasteiger partial charge in [0.25, 0.3) is 0 Å². The predicted molar refractivity (Wildman–Crippen MR) is 115 cm³/mol. The summed E-state index contributed by atoms with van der Waals surface area (Å²) >= 11 is 0. The minimum atomic E-state index is 0.657. The Labute approximate surface area is 164 Å². The van der Waals surface area contributed by atoms with Crippen LogP contribution in [0, 0.1) is 17.2 Å². The maximum Gasteiger partial charge on any atom is 0.0991 e. The van der Waals surface area contributed by atoms with E-state index in [1.807, 2.05) is 12.1 Å². The first kappa shape index (κ1) is 19.4. The number of aryl methyl sites for hydroxylation is 1. The lowest BCUT2D eigenvalue weighted by Crippen LogP contribution is -2.11. The largest absolute Gasteiger partial charge is 0.192 e. The van der Waals surface area contributed by atoms with Gasteiger partial charge < -0.3 is 0 Å². The Morgan fingerprint density at radius 1 is 0.926 bits per heavy atom. The van der Waals surface area contributed by atoms with Crippen molar-refractivity contribution in [3.63, 3.8) is 0 Å². The average Bonchev–Trinajstić information content (AvgIpc) is 2.74. The summed E-state index contributed by atoms with van der Waals surface area (Å²) in [5, 5.41) is 8.93. The van der Waals surface area contributed by atoms with E-state index in [1.54, 1.807) is 0 Å². The molecule has 1 aliphatic carbocycles. The number of hydrogen-bond acceptors (Lipinski definition) is 1. The second-order valence-electron chi connectivity index (χ2n) is 7.90. The van der Waals surface area contributed by atoms with Crippen molar-refractivity contribution in [3.05, 3.63) is 76.9 Å². The van der Waals surface area contributed by atoms with Crippen LogP contribution in [0.2, 0.25) is 0 Å². The number of allylic oxidation sites excluding steroid dienone is 1. The van der Waals surface area contributed by atoms with Crippen molar-refractivity contribution in [1.82, 2.24) is 0 Å². The first-order valence-corrected chi connectivity index (χ1v) is 10.6. The molecular weight excluding hydrogens is 326 g/mol. The van der Waals surface area contributed by atoms with E-state index in [4.69, 9.17) is 5.26 Å². The SMILES string of the molecule is CCCCCc1ccc(/C=C/C2CCC(c3ccc(C#N)cc3)CC2)cc1. The van der Waals surface area contributed by atoms with Gasteiger partial charge in [-0.1, -0.05) is 68.3 Å². The summed E-state index contributed by atoms with van der Waals surface area (Å²) in [7, 11) is 0. The van der Waals surface area contributed by atoms with Crippen LogP contribution < -0.4 is 0 Å². The number of hydrogen-bond donors (Lipinski definition) is 0. The first-order chi connectivity index (χ1) is 13.3. The highest BCUT2D eigenvalue weighted by Crippen LogP contribution is 2.36. The summed E-state index contributed by atoms with van der Waals surface area (Å²) in [5.41, 5.74) is 4.94. The Hall–Kier alpha value is -2.33. The van der Waals surface area contributed by atoms with Gasteiger partial charge in [-0.15, -0.1) is 0 Å². The standard InChI is InChI=1S/C26H31N/c1-2-3-4-5-21-6-8-22(9-7-21)10-11-23-12-16-25(17-13-23)26-18-14-24(20-27)15-19-26/h6-11,14-15,18-19,23,25H,2-5,12-13,16-17H2,1H3/b11-10+. The molecule has 0 radical (unpaired) electrons. The quantitative estimate of drug-likeness (QED) is 0.478. The summed E-state index contributed by atoms with van der Waals surface area (Å²) in [4.78, 5) is 0. The smallest absolute Gasteiger partial charge is 0.0991 e. The summed E-state index contributed by atoms with van der Waals surface area (Å²) in [6.45, 7) is 2.26. The van der Waals surface area contributed by atoms with Crippen LogP contribution in [0.15, 0.2) is 54.6 Å². The van der Waals surface area contributed by atoms with Crippen molar-refractivity contribution < 1.29 is 0 Å². The zero-order valence-corrected chi connectivity index (χ0v) is 16.5. The molecule has 0 saturated heterocycles. The molecule has 3 rings (SSSR count). The topological polar surface area (TPSA) is 23.8 Å². The minimum Gasteiger partial charge on any atom is -0.192 e. The van der Waals surface area contributed by atoms with Crippen LogP contribution >= 0.6 is 0 Å². The van der Waals surface area contributed by atoms with Crippen LogP contribution in [0.1, 0.15) is 80.0 Å². The summed E-state index contributed by atoms with van der Waals surface area (Å²) < 4.78 is 0. The predicted octanol–water partition coefficient (Wildman–Crippen LogP) is 7.28. The Bertz CT molecular complexity index is 753. The van der Waals surface area contributed by atoms with E-state index in [9.17, 15) is 0 Å². The van der Waals surface area contributed by atoms with Gasteiger partial charge in [-0.2, -0.15) is 5.26 Å². The van der Waals surface area contributed by atoms with Crippen LogP contribution in [0.4, 0.5) is 0 Å². The molecule has 1 nitrogen and oxygen atoms in total. The van der Waals surface area contributed by atoms with Gasteiger partial charge in [0.2, 0.25) is 0 Å². The van der Waals surface area contributed by atoms with Gasteiger partial charge in [-0.05, 0) is 79.2 Å². The van der Waals surface area contributed by atoms with Crippen molar-refractivity contribution in [3.8, 4) is 6.07 Å². The van der Waals surface area contributed by atoms with Crippen molar-refractivity contribution in [1.29, 1.82) is 5.26 Å². The lowest BCUT2D eigenvalue weighted by Gasteiger charge is -2.27. The number of benzene rings is 2. The van der Waals surface area contributed by atoms with E-state index in [2.05, 4.69) is 61.5 Å². The third-order valence-corrected chi connectivity index (χ3v) is 5.89. The highest BCUT2D eigenvalue weighted by Gasteiger charge is 2.20. The number of unbranched alkanes of at least 4 members (excludes halogenated alkanes) is 2.